The third-order valence-electron chi connectivity index (χ3n) is 4.57. The van der Waals surface area contributed by atoms with E-state index < -0.39 is 0 Å². The number of likely N-dealkylation sites (tertiary alicyclic amines) is 1. The summed E-state index contributed by atoms with van der Waals surface area (Å²) in [6, 6.07) is 10.0. The number of hydrogen-bond acceptors (Lipinski definition) is 5. The molecule has 0 radical (unpaired) electrons. The molecule has 1 aliphatic rings. The summed E-state index contributed by atoms with van der Waals surface area (Å²) < 4.78 is 7.84. The first-order valence-corrected chi connectivity index (χ1v) is 8.42. The maximum Gasteiger partial charge on any atom is 0.226 e. The highest BCUT2D eigenvalue weighted by Gasteiger charge is 2.21. The maximum absolute atomic E-state index is 5.91. The Kier molecular flexibility index (Phi) is 4.38. The fourth-order valence-corrected chi connectivity index (χ4v) is 3.23. The SMILES string of the molecule is c1ccc(-c2ncc(CN3CCC(Cn4cncn4)CC3)o2)cc1. The molecule has 124 valence electrons. The Bertz CT molecular complexity index is 745. The van der Waals surface area contributed by atoms with E-state index in [2.05, 4.69) is 20.0 Å². The second-order valence-electron chi connectivity index (χ2n) is 6.33. The smallest absolute Gasteiger partial charge is 0.226 e. The van der Waals surface area contributed by atoms with E-state index in [9.17, 15) is 0 Å². The molecule has 3 heterocycles. The van der Waals surface area contributed by atoms with Crippen molar-refractivity contribution < 1.29 is 4.42 Å². The van der Waals surface area contributed by atoms with Crippen molar-refractivity contribution in [2.45, 2.75) is 25.9 Å². The van der Waals surface area contributed by atoms with Crippen LogP contribution in [0.15, 0.2) is 53.6 Å². The molecule has 0 atom stereocenters. The molecule has 24 heavy (non-hydrogen) atoms. The lowest BCUT2D eigenvalue weighted by Gasteiger charge is -2.31. The highest BCUT2D eigenvalue weighted by atomic mass is 16.4. The van der Waals surface area contributed by atoms with Gasteiger partial charge in [-0.25, -0.2) is 9.97 Å². The topological polar surface area (TPSA) is 60.0 Å². The van der Waals surface area contributed by atoms with Gasteiger partial charge < -0.3 is 4.42 Å². The van der Waals surface area contributed by atoms with E-state index in [4.69, 9.17) is 4.42 Å². The Morgan fingerprint density at radius 3 is 2.71 bits per heavy atom. The predicted molar refractivity (Wildman–Crippen MR) is 90.0 cm³/mol. The van der Waals surface area contributed by atoms with Crippen LogP contribution in [0.25, 0.3) is 11.5 Å². The van der Waals surface area contributed by atoms with Crippen molar-refractivity contribution in [1.29, 1.82) is 0 Å². The zero-order valence-corrected chi connectivity index (χ0v) is 13.6. The van der Waals surface area contributed by atoms with Gasteiger partial charge in [0.25, 0.3) is 0 Å². The molecular weight excluding hydrogens is 302 g/mol. The summed E-state index contributed by atoms with van der Waals surface area (Å²) in [7, 11) is 0. The Morgan fingerprint density at radius 1 is 1.12 bits per heavy atom. The number of aromatic nitrogens is 4. The summed E-state index contributed by atoms with van der Waals surface area (Å²) in [5.74, 6) is 2.31. The average Bonchev–Trinajstić information content (AvgIpc) is 3.29. The van der Waals surface area contributed by atoms with E-state index in [1.54, 1.807) is 12.7 Å². The van der Waals surface area contributed by atoms with Gasteiger partial charge >= 0.3 is 0 Å². The molecule has 1 saturated heterocycles. The third-order valence-corrected chi connectivity index (χ3v) is 4.57. The zero-order chi connectivity index (χ0) is 16.2. The van der Waals surface area contributed by atoms with Gasteiger partial charge in [0.05, 0.1) is 12.7 Å². The summed E-state index contributed by atoms with van der Waals surface area (Å²) in [6.45, 7) is 3.96. The van der Waals surface area contributed by atoms with Crippen LogP contribution in [0.4, 0.5) is 0 Å². The fraction of sp³-hybridized carbons (Fsp3) is 0.389. The van der Waals surface area contributed by atoms with Gasteiger partial charge in [-0.05, 0) is 44.0 Å². The van der Waals surface area contributed by atoms with Gasteiger partial charge in [0.1, 0.15) is 18.4 Å². The standard InChI is InChI=1S/C18H21N5O/c1-2-4-16(5-3-1)18-20-10-17(24-18)12-22-8-6-15(7-9-22)11-23-14-19-13-21-23/h1-5,10,13-15H,6-9,11-12H2. The van der Waals surface area contributed by atoms with Crippen molar-refractivity contribution in [3.63, 3.8) is 0 Å². The molecule has 1 aliphatic heterocycles. The van der Waals surface area contributed by atoms with Crippen LogP contribution >= 0.6 is 0 Å². The molecule has 4 rings (SSSR count). The molecular formula is C18H21N5O. The Balaban J connectivity index is 1.30. The van der Waals surface area contributed by atoms with Crippen LogP contribution in [0.5, 0.6) is 0 Å². The van der Waals surface area contributed by atoms with Gasteiger partial charge in [-0.2, -0.15) is 5.10 Å². The summed E-state index contributed by atoms with van der Waals surface area (Å²) in [6.07, 6.45) is 7.61. The van der Waals surface area contributed by atoms with Crippen LogP contribution in [0.2, 0.25) is 0 Å². The quantitative estimate of drug-likeness (QED) is 0.722. The van der Waals surface area contributed by atoms with Crippen LogP contribution in [-0.4, -0.2) is 37.7 Å². The number of benzene rings is 1. The summed E-state index contributed by atoms with van der Waals surface area (Å²) >= 11 is 0. The van der Waals surface area contributed by atoms with Crippen molar-refractivity contribution >= 4 is 0 Å². The lowest BCUT2D eigenvalue weighted by atomic mass is 9.97. The number of rotatable bonds is 5. The van der Waals surface area contributed by atoms with Gasteiger partial charge in [-0.3, -0.25) is 9.58 Å². The highest BCUT2D eigenvalue weighted by Crippen LogP contribution is 2.23. The molecule has 0 aliphatic carbocycles. The van der Waals surface area contributed by atoms with Crippen LogP contribution in [-0.2, 0) is 13.1 Å². The average molecular weight is 323 g/mol. The van der Waals surface area contributed by atoms with Crippen molar-refractivity contribution in [2.75, 3.05) is 13.1 Å². The molecule has 0 bridgehead atoms. The lowest BCUT2D eigenvalue weighted by Crippen LogP contribution is -2.34. The van der Waals surface area contributed by atoms with E-state index in [-0.39, 0.29) is 0 Å². The Hall–Kier alpha value is -2.47. The fourth-order valence-electron chi connectivity index (χ4n) is 3.23. The zero-order valence-electron chi connectivity index (χ0n) is 13.6. The van der Waals surface area contributed by atoms with Crippen molar-refractivity contribution in [3.05, 3.63) is 54.9 Å². The van der Waals surface area contributed by atoms with Gasteiger partial charge in [0.15, 0.2) is 0 Å². The summed E-state index contributed by atoms with van der Waals surface area (Å²) in [4.78, 5) is 10.9. The number of hydrogen-bond donors (Lipinski definition) is 0. The molecule has 0 unspecified atom stereocenters. The molecule has 6 nitrogen and oxygen atoms in total. The molecule has 6 heteroatoms. The second kappa shape index (κ2) is 6.97. The van der Waals surface area contributed by atoms with E-state index in [0.717, 1.165) is 37.5 Å². The molecule has 1 aromatic carbocycles. The molecule has 0 saturated carbocycles. The molecule has 2 aromatic heterocycles. The van der Waals surface area contributed by atoms with Gasteiger partial charge in [0, 0.05) is 12.1 Å². The van der Waals surface area contributed by atoms with Crippen LogP contribution in [0, 0.1) is 5.92 Å². The van der Waals surface area contributed by atoms with Gasteiger partial charge in [0.2, 0.25) is 5.89 Å². The van der Waals surface area contributed by atoms with Crippen molar-refractivity contribution in [2.24, 2.45) is 5.92 Å². The minimum Gasteiger partial charge on any atom is -0.440 e. The Morgan fingerprint density at radius 2 is 1.96 bits per heavy atom. The largest absolute Gasteiger partial charge is 0.440 e. The number of piperidine rings is 1. The predicted octanol–water partition coefficient (Wildman–Crippen LogP) is 2.85. The number of nitrogens with zero attached hydrogens (tertiary/aromatic N) is 5. The van der Waals surface area contributed by atoms with E-state index in [0.29, 0.717) is 11.8 Å². The molecule has 3 aromatic rings. The van der Waals surface area contributed by atoms with Gasteiger partial charge in [-0.15, -0.1) is 0 Å². The highest BCUT2D eigenvalue weighted by molar-refractivity contribution is 5.52. The van der Waals surface area contributed by atoms with Crippen LogP contribution in [0.1, 0.15) is 18.6 Å². The molecule has 0 N–H and O–H groups in total. The van der Waals surface area contributed by atoms with Gasteiger partial charge in [-0.1, -0.05) is 18.2 Å². The number of oxazole rings is 1. The van der Waals surface area contributed by atoms with Crippen molar-refractivity contribution in [1.82, 2.24) is 24.6 Å². The van der Waals surface area contributed by atoms with Crippen LogP contribution in [0.3, 0.4) is 0 Å². The molecule has 0 spiro atoms. The van der Waals surface area contributed by atoms with Crippen molar-refractivity contribution in [3.8, 4) is 11.5 Å². The normalized spacial score (nSPS) is 16.5. The third kappa shape index (κ3) is 3.54. The first-order chi connectivity index (χ1) is 11.9. The van der Waals surface area contributed by atoms with E-state index in [1.165, 1.54) is 12.8 Å². The Labute approximate surface area is 141 Å². The first-order valence-electron chi connectivity index (χ1n) is 8.42. The molecule has 0 amide bonds. The second-order valence-corrected chi connectivity index (χ2v) is 6.33. The monoisotopic (exact) mass is 323 g/mol. The lowest BCUT2D eigenvalue weighted by molar-refractivity contribution is 0.155. The first kappa shape index (κ1) is 15.1. The summed E-state index contributed by atoms with van der Waals surface area (Å²) in [5.41, 5.74) is 1.02. The van der Waals surface area contributed by atoms with E-state index >= 15 is 0 Å². The molecule has 1 fully saturated rings. The maximum atomic E-state index is 5.91. The minimum atomic E-state index is 0.678. The van der Waals surface area contributed by atoms with E-state index in [1.807, 2.05) is 41.2 Å². The minimum absolute atomic E-state index is 0.678. The van der Waals surface area contributed by atoms with Crippen LogP contribution < -0.4 is 0 Å². The summed E-state index contributed by atoms with van der Waals surface area (Å²) in [5, 5.41) is 4.20.